The first kappa shape index (κ1) is 15.9. The van der Waals surface area contributed by atoms with Crippen molar-refractivity contribution in [1.82, 2.24) is 15.5 Å². The molecule has 0 aliphatic rings. The molecule has 0 atom stereocenters. The maximum Gasteiger partial charge on any atom is 0.315 e. The van der Waals surface area contributed by atoms with E-state index in [2.05, 4.69) is 27.8 Å². The van der Waals surface area contributed by atoms with Crippen molar-refractivity contribution in [2.75, 3.05) is 25.0 Å². The summed E-state index contributed by atoms with van der Waals surface area (Å²) in [5.74, 6) is 0.624. The Labute approximate surface area is 115 Å². The van der Waals surface area contributed by atoms with Crippen LogP contribution in [0.1, 0.15) is 45.9 Å². The molecular weight excluding hydrogens is 244 g/mol. The fourth-order valence-electron chi connectivity index (χ4n) is 1.51. The largest absolute Gasteiger partial charge is 0.407 e. The molecule has 0 aromatic carbocycles. The maximum atomic E-state index is 5.47. The van der Waals surface area contributed by atoms with Crippen LogP contribution >= 0.6 is 0 Å². The summed E-state index contributed by atoms with van der Waals surface area (Å²) in [6.45, 7) is 9.43. The van der Waals surface area contributed by atoms with Crippen LogP contribution in [-0.2, 0) is 11.3 Å². The van der Waals surface area contributed by atoms with Crippen LogP contribution in [0.15, 0.2) is 4.42 Å². The highest BCUT2D eigenvalue weighted by Crippen LogP contribution is 2.05. The molecule has 0 aliphatic carbocycles. The number of aromatic nitrogens is 2. The molecule has 6 nitrogen and oxygen atoms in total. The molecule has 19 heavy (non-hydrogen) atoms. The van der Waals surface area contributed by atoms with Gasteiger partial charge in [-0.3, -0.25) is 0 Å². The van der Waals surface area contributed by atoms with Gasteiger partial charge >= 0.3 is 6.01 Å². The summed E-state index contributed by atoms with van der Waals surface area (Å²) in [5, 5.41) is 14.2. The van der Waals surface area contributed by atoms with Crippen molar-refractivity contribution in [2.45, 2.75) is 52.7 Å². The van der Waals surface area contributed by atoms with Crippen LogP contribution in [0, 0.1) is 0 Å². The summed E-state index contributed by atoms with van der Waals surface area (Å²) in [6, 6.07) is 0.498. The standard InChI is InChI=1S/C13H26N4O2/c1-4-7-14-10-12-16-17-13(19-12)15-8-5-6-9-18-11(2)3/h11,14H,4-10H2,1-3H3,(H,15,17). The topological polar surface area (TPSA) is 72.2 Å². The molecule has 0 fully saturated rings. The lowest BCUT2D eigenvalue weighted by Gasteiger charge is -2.06. The van der Waals surface area contributed by atoms with E-state index in [4.69, 9.17) is 9.15 Å². The molecule has 0 bridgehead atoms. The first-order valence-electron chi connectivity index (χ1n) is 7.11. The van der Waals surface area contributed by atoms with E-state index >= 15 is 0 Å². The van der Waals surface area contributed by atoms with Crippen LogP contribution < -0.4 is 10.6 Å². The minimum absolute atomic E-state index is 0.307. The number of rotatable bonds is 11. The van der Waals surface area contributed by atoms with Gasteiger partial charge in [-0.05, 0) is 39.7 Å². The molecule has 0 spiro atoms. The van der Waals surface area contributed by atoms with Crippen LogP contribution in [0.2, 0.25) is 0 Å². The normalized spacial score (nSPS) is 11.2. The third-order valence-electron chi connectivity index (χ3n) is 2.47. The minimum atomic E-state index is 0.307. The first-order chi connectivity index (χ1) is 9.22. The zero-order valence-corrected chi connectivity index (χ0v) is 12.2. The van der Waals surface area contributed by atoms with Gasteiger partial charge in [0.1, 0.15) is 0 Å². The summed E-state index contributed by atoms with van der Waals surface area (Å²) in [4.78, 5) is 0. The molecule has 6 heteroatoms. The molecule has 0 aliphatic heterocycles. The smallest absolute Gasteiger partial charge is 0.315 e. The Morgan fingerprint density at radius 3 is 2.79 bits per heavy atom. The van der Waals surface area contributed by atoms with Gasteiger partial charge in [-0.2, -0.15) is 0 Å². The number of unbranched alkanes of at least 4 members (excludes halogenated alkanes) is 1. The van der Waals surface area contributed by atoms with Crippen molar-refractivity contribution in [2.24, 2.45) is 0 Å². The van der Waals surface area contributed by atoms with Crippen LogP contribution in [0.25, 0.3) is 0 Å². The van der Waals surface area contributed by atoms with Crippen LogP contribution in [0.3, 0.4) is 0 Å². The zero-order chi connectivity index (χ0) is 13.9. The van der Waals surface area contributed by atoms with E-state index in [0.29, 0.717) is 24.6 Å². The number of nitrogens with zero attached hydrogens (tertiary/aromatic N) is 2. The number of hydrogen-bond acceptors (Lipinski definition) is 6. The Balaban J connectivity index is 2.06. The minimum Gasteiger partial charge on any atom is -0.407 e. The molecule has 0 radical (unpaired) electrons. The van der Waals surface area contributed by atoms with Crippen molar-refractivity contribution in [3.05, 3.63) is 5.89 Å². The van der Waals surface area contributed by atoms with Gasteiger partial charge in [-0.25, -0.2) is 0 Å². The highest BCUT2D eigenvalue weighted by Gasteiger charge is 2.04. The van der Waals surface area contributed by atoms with Gasteiger partial charge in [-0.1, -0.05) is 12.0 Å². The van der Waals surface area contributed by atoms with Crippen molar-refractivity contribution in [3.8, 4) is 0 Å². The van der Waals surface area contributed by atoms with Gasteiger partial charge in [0.2, 0.25) is 5.89 Å². The molecule has 1 aromatic heterocycles. The molecule has 0 saturated heterocycles. The first-order valence-corrected chi connectivity index (χ1v) is 7.11. The average Bonchev–Trinajstić information content (AvgIpc) is 2.81. The lowest BCUT2D eigenvalue weighted by Crippen LogP contribution is -2.13. The second kappa shape index (κ2) is 9.75. The summed E-state index contributed by atoms with van der Waals surface area (Å²) in [6.07, 6.45) is 3.46. The van der Waals surface area contributed by atoms with Gasteiger partial charge in [0.15, 0.2) is 0 Å². The third-order valence-corrected chi connectivity index (χ3v) is 2.47. The van der Waals surface area contributed by atoms with Gasteiger partial charge in [0.05, 0.1) is 12.6 Å². The zero-order valence-electron chi connectivity index (χ0n) is 12.2. The van der Waals surface area contributed by atoms with Crippen molar-refractivity contribution in [3.63, 3.8) is 0 Å². The Hall–Kier alpha value is -1.14. The van der Waals surface area contributed by atoms with E-state index in [-0.39, 0.29) is 0 Å². The second-order valence-corrected chi connectivity index (χ2v) is 4.73. The van der Waals surface area contributed by atoms with E-state index in [0.717, 1.165) is 39.0 Å². The third kappa shape index (κ3) is 7.79. The molecule has 1 heterocycles. The monoisotopic (exact) mass is 270 g/mol. The Kier molecular flexibility index (Phi) is 8.16. The molecule has 1 rings (SSSR count). The Morgan fingerprint density at radius 1 is 1.21 bits per heavy atom. The number of hydrogen-bond donors (Lipinski definition) is 2. The SMILES string of the molecule is CCCNCc1nnc(NCCCCOC(C)C)o1. The highest BCUT2D eigenvalue weighted by atomic mass is 16.5. The molecule has 2 N–H and O–H groups in total. The van der Waals surface area contributed by atoms with Crippen molar-refractivity contribution >= 4 is 6.01 Å². The average molecular weight is 270 g/mol. The quantitative estimate of drug-likeness (QED) is 0.601. The van der Waals surface area contributed by atoms with E-state index in [1.807, 2.05) is 13.8 Å². The van der Waals surface area contributed by atoms with Gasteiger partial charge in [0.25, 0.3) is 0 Å². The molecule has 0 saturated carbocycles. The predicted octanol–water partition coefficient (Wildman–Crippen LogP) is 2.19. The second-order valence-electron chi connectivity index (χ2n) is 4.73. The van der Waals surface area contributed by atoms with Crippen LogP contribution in [0.5, 0.6) is 0 Å². The number of anilines is 1. The Morgan fingerprint density at radius 2 is 2.05 bits per heavy atom. The van der Waals surface area contributed by atoms with Crippen molar-refractivity contribution < 1.29 is 9.15 Å². The lowest BCUT2D eigenvalue weighted by molar-refractivity contribution is 0.0765. The van der Waals surface area contributed by atoms with E-state index in [1.165, 1.54) is 0 Å². The molecule has 1 aromatic rings. The van der Waals surface area contributed by atoms with E-state index in [1.54, 1.807) is 0 Å². The highest BCUT2D eigenvalue weighted by molar-refractivity contribution is 5.16. The van der Waals surface area contributed by atoms with E-state index in [9.17, 15) is 0 Å². The molecular formula is C13H26N4O2. The predicted molar refractivity (Wildman–Crippen MR) is 75.1 cm³/mol. The summed E-state index contributed by atoms with van der Waals surface area (Å²) in [7, 11) is 0. The lowest BCUT2D eigenvalue weighted by atomic mass is 10.3. The van der Waals surface area contributed by atoms with Crippen LogP contribution in [-0.4, -0.2) is 36.0 Å². The fourth-order valence-corrected chi connectivity index (χ4v) is 1.51. The number of ether oxygens (including phenoxy) is 1. The van der Waals surface area contributed by atoms with E-state index < -0.39 is 0 Å². The van der Waals surface area contributed by atoms with Gasteiger partial charge < -0.3 is 19.8 Å². The molecule has 110 valence electrons. The summed E-state index contributed by atoms with van der Waals surface area (Å²) >= 11 is 0. The Bertz CT molecular complexity index is 328. The molecule has 0 amide bonds. The number of nitrogens with one attached hydrogen (secondary N) is 2. The van der Waals surface area contributed by atoms with Crippen LogP contribution in [0.4, 0.5) is 6.01 Å². The molecule has 0 unspecified atom stereocenters. The van der Waals surface area contributed by atoms with Gasteiger partial charge in [0, 0.05) is 13.2 Å². The van der Waals surface area contributed by atoms with Crippen molar-refractivity contribution in [1.29, 1.82) is 0 Å². The fraction of sp³-hybridized carbons (Fsp3) is 0.846. The summed E-state index contributed by atoms with van der Waals surface area (Å²) in [5.41, 5.74) is 0. The van der Waals surface area contributed by atoms with Gasteiger partial charge in [-0.15, -0.1) is 5.10 Å². The summed E-state index contributed by atoms with van der Waals surface area (Å²) < 4.78 is 10.9. The maximum absolute atomic E-state index is 5.47.